The minimum atomic E-state index is -3.75. The Hall–Kier alpha value is -1.37. The van der Waals surface area contributed by atoms with Crippen LogP contribution in [0.5, 0.6) is 0 Å². The van der Waals surface area contributed by atoms with Crippen molar-refractivity contribution in [2.75, 3.05) is 25.3 Å². The molecule has 1 aromatic rings. The van der Waals surface area contributed by atoms with Gasteiger partial charge in [0, 0.05) is 6.20 Å². The summed E-state index contributed by atoms with van der Waals surface area (Å²) in [5.74, 6) is -0.915. The number of aromatic nitrogens is 2. The van der Waals surface area contributed by atoms with Gasteiger partial charge in [-0.25, -0.2) is 9.36 Å². The van der Waals surface area contributed by atoms with E-state index >= 15 is 0 Å². The molecule has 0 aromatic carbocycles. The van der Waals surface area contributed by atoms with E-state index < -0.39 is 43.8 Å². The lowest BCUT2D eigenvalue weighted by Gasteiger charge is -2.25. The fourth-order valence-electron chi connectivity index (χ4n) is 3.28. The summed E-state index contributed by atoms with van der Waals surface area (Å²) in [6.45, 7) is 6.97. The zero-order valence-corrected chi connectivity index (χ0v) is 17.5. The van der Waals surface area contributed by atoms with Crippen LogP contribution in [-0.2, 0) is 32.3 Å². The second kappa shape index (κ2) is 8.78. The highest BCUT2D eigenvalue weighted by atomic mass is 31.2. The van der Waals surface area contributed by atoms with Crippen molar-refractivity contribution in [3.8, 4) is 0 Å². The maximum Gasteiger partial charge on any atom is 0.474 e. The largest absolute Gasteiger partial charge is 0.474 e. The van der Waals surface area contributed by atoms with E-state index in [-0.39, 0.29) is 25.6 Å². The van der Waals surface area contributed by atoms with Crippen molar-refractivity contribution in [3.05, 3.63) is 22.7 Å². The van der Waals surface area contributed by atoms with Crippen LogP contribution in [0, 0.1) is 0 Å². The number of phosphoric ester groups is 1. The van der Waals surface area contributed by atoms with Crippen molar-refractivity contribution in [1.82, 2.24) is 9.55 Å². The summed E-state index contributed by atoms with van der Waals surface area (Å²) in [6.07, 6.45) is -1.37. The molecule has 2 aliphatic rings. The zero-order chi connectivity index (χ0) is 21.2. The molecule has 2 aliphatic heterocycles. The summed E-state index contributed by atoms with van der Waals surface area (Å²) in [5, 5.41) is 8.91. The third-order valence-corrected chi connectivity index (χ3v) is 5.93. The molecule has 1 aromatic heterocycles. The topological polar surface area (TPSA) is 140 Å². The molecule has 29 heavy (non-hydrogen) atoms. The third kappa shape index (κ3) is 4.86. The summed E-state index contributed by atoms with van der Waals surface area (Å²) in [7, 11) is -3.75. The van der Waals surface area contributed by atoms with Crippen molar-refractivity contribution >= 4 is 13.6 Å². The molecule has 0 aliphatic carbocycles. The Kier molecular flexibility index (Phi) is 6.76. The summed E-state index contributed by atoms with van der Waals surface area (Å²) < 4.78 is 47.3. The van der Waals surface area contributed by atoms with Gasteiger partial charge in [-0.3, -0.25) is 28.8 Å². The molecule has 0 unspecified atom stereocenters. The lowest BCUT2D eigenvalue weighted by atomic mass is 10.1. The molecular formula is C16H26N3O9P. The second-order valence-electron chi connectivity index (χ2n) is 6.82. The Bertz CT molecular complexity index is 807. The Morgan fingerprint density at radius 3 is 2.48 bits per heavy atom. The van der Waals surface area contributed by atoms with Gasteiger partial charge >= 0.3 is 13.5 Å². The average molecular weight is 435 g/mol. The summed E-state index contributed by atoms with van der Waals surface area (Å²) in [5.41, 5.74) is 1.16. The standard InChI is InChI=1S/C16H26N3O9P/c1-5-23-29(22,24-6-2)25-9-10-12-13(28-16(3,4)27-12)14(26-10)19-8-7-11(18-21)17-15(19)20/h7-8,10,12-14,21H,5-6,9H2,1-4H3,(H,17,18,20)/t10-,12-,13-,14-/m1/s1. The molecule has 13 heteroatoms. The maximum atomic E-state index is 12.6. The van der Waals surface area contributed by atoms with E-state index in [4.69, 9.17) is 33.0 Å². The van der Waals surface area contributed by atoms with Crippen LogP contribution in [0.4, 0.5) is 5.82 Å². The number of rotatable bonds is 9. The first-order valence-corrected chi connectivity index (χ1v) is 10.7. The Balaban J connectivity index is 1.81. The van der Waals surface area contributed by atoms with Crippen molar-refractivity contribution in [1.29, 1.82) is 0 Å². The van der Waals surface area contributed by atoms with Crippen molar-refractivity contribution in [3.63, 3.8) is 0 Å². The van der Waals surface area contributed by atoms with Crippen LogP contribution in [0.1, 0.15) is 33.9 Å². The molecule has 2 fully saturated rings. The molecule has 164 valence electrons. The van der Waals surface area contributed by atoms with E-state index in [2.05, 4.69) is 4.98 Å². The van der Waals surface area contributed by atoms with Crippen LogP contribution in [0.3, 0.4) is 0 Å². The van der Waals surface area contributed by atoms with E-state index in [0.29, 0.717) is 0 Å². The van der Waals surface area contributed by atoms with E-state index in [9.17, 15) is 9.36 Å². The van der Waals surface area contributed by atoms with Gasteiger partial charge in [-0.2, -0.15) is 4.98 Å². The molecule has 2 N–H and O–H groups in total. The van der Waals surface area contributed by atoms with Crippen LogP contribution in [0.2, 0.25) is 0 Å². The molecule has 0 radical (unpaired) electrons. The van der Waals surface area contributed by atoms with E-state index in [1.54, 1.807) is 27.7 Å². The Labute approximate surface area is 167 Å². The lowest BCUT2D eigenvalue weighted by molar-refractivity contribution is -0.200. The van der Waals surface area contributed by atoms with Gasteiger partial charge in [-0.15, -0.1) is 0 Å². The maximum absolute atomic E-state index is 12.6. The molecule has 3 heterocycles. The first-order valence-electron chi connectivity index (χ1n) is 9.26. The molecule has 0 bridgehead atoms. The first-order chi connectivity index (χ1) is 13.7. The monoisotopic (exact) mass is 435 g/mol. The van der Waals surface area contributed by atoms with E-state index in [1.165, 1.54) is 16.8 Å². The number of phosphoric acid groups is 1. The predicted molar refractivity (Wildman–Crippen MR) is 98.5 cm³/mol. The molecule has 4 atom stereocenters. The highest BCUT2D eigenvalue weighted by Gasteiger charge is 2.56. The van der Waals surface area contributed by atoms with Crippen LogP contribution in [0.15, 0.2) is 17.1 Å². The van der Waals surface area contributed by atoms with E-state index in [1.807, 2.05) is 5.48 Å². The van der Waals surface area contributed by atoms with Crippen molar-refractivity contribution in [2.45, 2.75) is 58.0 Å². The fraction of sp³-hybridized carbons (Fsp3) is 0.750. The van der Waals surface area contributed by atoms with Gasteiger partial charge < -0.3 is 14.2 Å². The molecule has 0 spiro atoms. The third-order valence-electron chi connectivity index (χ3n) is 4.32. The van der Waals surface area contributed by atoms with Crippen molar-refractivity contribution in [2.24, 2.45) is 0 Å². The fourth-order valence-corrected chi connectivity index (χ4v) is 4.46. The SMILES string of the molecule is CCOP(=O)(OCC)OC[C@H]1O[C@@H](n2ccc(NO)nc2=O)[C@@H]2OC(C)(C)O[C@@H]21. The normalized spacial score (nSPS) is 28.4. The number of nitrogens with zero attached hydrogens (tertiary/aromatic N) is 2. The predicted octanol–water partition coefficient (Wildman–Crippen LogP) is 1.66. The molecule has 12 nitrogen and oxygen atoms in total. The number of hydrogen-bond acceptors (Lipinski definition) is 11. The number of nitrogens with one attached hydrogen (secondary N) is 1. The van der Waals surface area contributed by atoms with Crippen molar-refractivity contribution < 1.29 is 37.6 Å². The van der Waals surface area contributed by atoms with Gasteiger partial charge in [0.15, 0.2) is 17.8 Å². The van der Waals surface area contributed by atoms with Crippen LogP contribution in [0.25, 0.3) is 0 Å². The highest BCUT2D eigenvalue weighted by molar-refractivity contribution is 7.48. The van der Waals surface area contributed by atoms with Gasteiger partial charge in [0.05, 0.1) is 19.8 Å². The van der Waals surface area contributed by atoms with Gasteiger partial charge in [-0.1, -0.05) is 0 Å². The van der Waals surface area contributed by atoms with Crippen LogP contribution in [-0.4, -0.2) is 58.7 Å². The molecule has 0 saturated carbocycles. The van der Waals surface area contributed by atoms with Crippen LogP contribution >= 0.6 is 7.82 Å². The minimum Gasteiger partial charge on any atom is -0.346 e. The molecule has 0 amide bonds. The summed E-state index contributed by atoms with van der Waals surface area (Å²) >= 11 is 0. The van der Waals surface area contributed by atoms with Gasteiger partial charge in [-0.05, 0) is 33.8 Å². The van der Waals surface area contributed by atoms with Gasteiger partial charge in [0.25, 0.3) is 0 Å². The zero-order valence-electron chi connectivity index (χ0n) is 16.6. The van der Waals surface area contributed by atoms with Gasteiger partial charge in [0.1, 0.15) is 18.3 Å². The molecule has 3 rings (SSSR count). The highest BCUT2D eigenvalue weighted by Crippen LogP contribution is 2.51. The minimum absolute atomic E-state index is 0.000956. The smallest absolute Gasteiger partial charge is 0.346 e. The van der Waals surface area contributed by atoms with Gasteiger partial charge in [0.2, 0.25) is 0 Å². The first kappa shape index (κ1) is 22.3. The molecular weight excluding hydrogens is 409 g/mol. The number of anilines is 1. The summed E-state index contributed by atoms with van der Waals surface area (Å²) in [4.78, 5) is 16.0. The molecule has 2 saturated heterocycles. The second-order valence-corrected chi connectivity index (χ2v) is 8.49. The van der Waals surface area contributed by atoms with E-state index in [0.717, 1.165) is 0 Å². The lowest BCUT2D eigenvalue weighted by Crippen LogP contribution is -2.34. The van der Waals surface area contributed by atoms with Crippen LogP contribution < -0.4 is 11.2 Å². The Morgan fingerprint density at radius 2 is 1.90 bits per heavy atom. The quantitative estimate of drug-likeness (QED) is 0.432. The Morgan fingerprint density at radius 1 is 1.24 bits per heavy atom. The number of ether oxygens (including phenoxy) is 3. The average Bonchev–Trinajstić information content (AvgIpc) is 3.13. The number of hydrogen-bond donors (Lipinski definition) is 2. The number of fused-ring (bicyclic) bond motifs is 1. The summed E-state index contributed by atoms with van der Waals surface area (Å²) in [6, 6.07) is 1.41.